The van der Waals surface area contributed by atoms with Crippen molar-refractivity contribution in [1.29, 1.82) is 0 Å². The summed E-state index contributed by atoms with van der Waals surface area (Å²) in [7, 11) is 3.20. The highest BCUT2D eigenvalue weighted by molar-refractivity contribution is 6.01. The van der Waals surface area contributed by atoms with E-state index in [2.05, 4.69) is 10.4 Å². The summed E-state index contributed by atoms with van der Waals surface area (Å²) < 4.78 is 12.5. The Morgan fingerprint density at radius 1 is 1.07 bits per heavy atom. The van der Waals surface area contributed by atoms with Gasteiger partial charge in [0, 0.05) is 17.7 Å². The minimum absolute atomic E-state index is 0.224. The number of para-hydroxylation sites is 1. The van der Waals surface area contributed by atoms with Crippen molar-refractivity contribution in [2.75, 3.05) is 19.5 Å². The third kappa shape index (κ3) is 4.55. The van der Waals surface area contributed by atoms with Crippen molar-refractivity contribution in [2.45, 2.75) is 6.54 Å². The molecule has 0 aliphatic carbocycles. The van der Waals surface area contributed by atoms with Gasteiger partial charge in [-0.25, -0.2) is 4.68 Å². The number of ether oxygens (including phenoxy) is 2. The maximum Gasteiger partial charge on any atom is 0.249 e. The van der Waals surface area contributed by atoms with Crippen LogP contribution in [0.5, 0.6) is 11.5 Å². The molecule has 0 unspecified atom stereocenters. The predicted octanol–water partition coefficient (Wildman–Crippen LogP) is 3.60. The van der Waals surface area contributed by atoms with Gasteiger partial charge in [-0.05, 0) is 17.7 Å². The van der Waals surface area contributed by atoms with Gasteiger partial charge in [-0.2, -0.15) is 5.10 Å². The molecule has 1 aromatic heterocycles. The third-order valence-electron chi connectivity index (χ3n) is 4.00. The second kappa shape index (κ2) is 8.71. The predicted molar refractivity (Wildman–Crippen MR) is 105 cm³/mol. The third-order valence-corrected chi connectivity index (χ3v) is 4.00. The van der Waals surface area contributed by atoms with Crippen molar-refractivity contribution in [3.05, 3.63) is 78.0 Å². The van der Waals surface area contributed by atoms with Gasteiger partial charge in [-0.15, -0.1) is 0 Å². The number of aromatic nitrogens is 2. The topological polar surface area (TPSA) is 65.4 Å². The quantitative estimate of drug-likeness (QED) is 0.652. The Bertz CT molecular complexity index is 933. The highest BCUT2D eigenvalue weighted by atomic mass is 16.5. The molecule has 0 aliphatic rings. The molecule has 0 saturated heterocycles. The van der Waals surface area contributed by atoms with Crippen molar-refractivity contribution in [3.63, 3.8) is 0 Å². The Balaban J connectivity index is 1.73. The number of benzene rings is 2. The molecule has 27 heavy (non-hydrogen) atoms. The number of methoxy groups -OCH3 is 2. The molecule has 138 valence electrons. The monoisotopic (exact) mass is 363 g/mol. The molecular weight excluding hydrogens is 342 g/mol. The van der Waals surface area contributed by atoms with Crippen LogP contribution in [0.2, 0.25) is 0 Å². The molecule has 0 spiro atoms. The highest BCUT2D eigenvalue weighted by Gasteiger charge is 2.12. The molecule has 3 rings (SSSR count). The number of carbonyl (C=O) groups is 1. The molecule has 6 heteroatoms. The van der Waals surface area contributed by atoms with Gasteiger partial charge >= 0.3 is 0 Å². The van der Waals surface area contributed by atoms with Crippen molar-refractivity contribution < 1.29 is 14.3 Å². The Morgan fingerprint density at radius 2 is 1.89 bits per heavy atom. The SMILES string of the molecule is COc1cccc(Cn2nccc2NC(=O)C=Cc2ccccc2)c1OC. The van der Waals surface area contributed by atoms with Crippen molar-refractivity contribution in [2.24, 2.45) is 0 Å². The fourth-order valence-electron chi connectivity index (χ4n) is 2.71. The lowest BCUT2D eigenvalue weighted by Crippen LogP contribution is -2.14. The Morgan fingerprint density at radius 3 is 2.63 bits per heavy atom. The van der Waals surface area contributed by atoms with Crippen molar-refractivity contribution in [3.8, 4) is 11.5 Å². The van der Waals surface area contributed by atoms with E-state index in [0.29, 0.717) is 23.9 Å². The molecule has 0 radical (unpaired) electrons. The summed E-state index contributed by atoms with van der Waals surface area (Å²) in [5.41, 5.74) is 1.86. The van der Waals surface area contributed by atoms with E-state index in [1.54, 1.807) is 37.2 Å². The maximum absolute atomic E-state index is 12.2. The average Bonchev–Trinajstić information content (AvgIpc) is 3.13. The van der Waals surface area contributed by atoms with E-state index in [1.807, 2.05) is 48.5 Å². The first kappa shape index (κ1) is 18.3. The van der Waals surface area contributed by atoms with Crippen molar-refractivity contribution >= 4 is 17.8 Å². The molecule has 6 nitrogen and oxygen atoms in total. The highest BCUT2D eigenvalue weighted by Crippen LogP contribution is 2.31. The maximum atomic E-state index is 12.2. The molecule has 3 aromatic rings. The lowest BCUT2D eigenvalue weighted by Gasteiger charge is -2.14. The number of anilines is 1. The van der Waals surface area contributed by atoms with Gasteiger partial charge in [0.15, 0.2) is 11.5 Å². The second-order valence-electron chi connectivity index (χ2n) is 5.76. The van der Waals surface area contributed by atoms with Gasteiger partial charge in [-0.1, -0.05) is 42.5 Å². The van der Waals surface area contributed by atoms with Crippen LogP contribution in [0, 0.1) is 0 Å². The first-order valence-electron chi connectivity index (χ1n) is 8.47. The van der Waals surface area contributed by atoms with E-state index >= 15 is 0 Å². The van der Waals surface area contributed by atoms with Gasteiger partial charge in [0.05, 0.1) is 27.0 Å². The summed E-state index contributed by atoms with van der Waals surface area (Å²) in [5.74, 6) is 1.68. The average molecular weight is 363 g/mol. The zero-order valence-electron chi connectivity index (χ0n) is 15.3. The van der Waals surface area contributed by atoms with Crippen LogP contribution in [0.4, 0.5) is 5.82 Å². The summed E-state index contributed by atoms with van der Waals surface area (Å²) >= 11 is 0. The van der Waals surface area contributed by atoms with Gasteiger partial charge in [0.1, 0.15) is 5.82 Å². The van der Waals surface area contributed by atoms with Crippen LogP contribution < -0.4 is 14.8 Å². The van der Waals surface area contributed by atoms with Crippen LogP contribution in [0.15, 0.2) is 66.9 Å². The van der Waals surface area contributed by atoms with Gasteiger partial charge in [0.25, 0.3) is 0 Å². The van der Waals surface area contributed by atoms with Gasteiger partial charge < -0.3 is 14.8 Å². The summed E-state index contributed by atoms with van der Waals surface area (Å²) in [4.78, 5) is 12.2. The van der Waals surface area contributed by atoms with Gasteiger partial charge in [0.2, 0.25) is 5.91 Å². The lowest BCUT2D eigenvalue weighted by atomic mass is 10.2. The fraction of sp³-hybridized carbons (Fsp3) is 0.143. The van der Waals surface area contributed by atoms with E-state index in [1.165, 1.54) is 6.08 Å². The molecule has 2 aromatic carbocycles. The molecule has 0 atom stereocenters. The summed E-state index contributed by atoms with van der Waals surface area (Å²) in [6.45, 7) is 0.436. The minimum Gasteiger partial charge on any atom is -0.493 e. The number of rotatable bonds is 7. The number of hydrogen-bond donors (Lipinski definition) is 1. The molecule has 0 saturated carbocycles. The number of nitrogens with zero attached hydrogens (tertiary/aromatic N) is 2. The number of carbonyl (C=O) groups excluding carboxylic acids is 1. The van der Waals surface area contributed by atoms with Crippen LogP contribution in [-0.2, 0) is 11.3 Å². The van der Waals surface area contributed by atoms with E-state index in [4.69, 9.17) is 9.47 Å². The zero-order chi connectivity index (χ0) is 19.1. The Hall–Kier alpha value is -3.54. The van der Waals surface area contributed by atoms with E-state index in [0.717, 1.165) is 11.1 Å². The van der Waals surface area contributed by atoms with Crippen LogP contribution >= 0.6 is 0 Å². The van der Waals surface area contributed by atoms with Crippen LogP contribution in [0.25, 0.3) is 6.08 Å². The molecule has 0 bridgehead atoms. The molecule has 1 heterocycles. The minimum atomic E-state index is -0.224. The normalized spacial score (nSPS) is 10.7. The summed E-state index contributed by atoms with van der Waals surface area (Å²) in [6.07, 6.45) is 4.91. The first-order valence-corrected chi connectivity index (χ1v) is 8.47. The van der Waals surface area contributed by atoms with Crippen molar-refractivity contribution in [1.82, 2.24) is 9.78 Å². The largest absolute Gasteiger partial charge is 0.493 e. The molecular formula is C21H21N3O3. The fourth-order valence-corrected chi connectivity index (χ4v) is 2.71. The summed E-state index contributed by atoms with van der Waals surface area (Å²) in [5, 5.41) is 7.14. The Kier molecular flexibility index (Phi) is 5.89. The smallest absolute Gasteiger partial charge is 0.249 e. The standard InChI is InChI=1S/C21H21N3O3/c1-26-18-10-6-9-17(21(18)27-2)15-24-19(13-14-22-24)23-20(25)12-11-16-7-4-3-5-8-16/h3-14H,15H2,1-2H3,(H,23,25). The number of amides is 1. The van der Waals surface area contributed by atoms with Crippen LogP contribution in [0.3, 0.4) is 0 Å². The van der Waals surface area contributed by atoms with E-state index in [-0.39, 0.29) is 5.91 Å². The van der Waals surface area contributed by atoms with Gasteiger partial charge in [-0.3, -0.25) is 4.79 Å². The van der Waals surface area contributed by atoms with Crippen LogP contribution in [0.1, 0.15) is 11.1 Å². The molecule has 1 amide bonds. The zero-order valence-corrected chi connectivity index (χ0v) is 15.3. The second-order valence-corrected chi connectivity index (χ2v) is 5.76. The van der Waals surface area contributed by atoms with E-state index in [9.17, 15) is 4.79 Å². The van der Waals surface area contributed by atoms with E-state index < -0.39 is 0 Å². The summed E-state index contributed by atoms with van der Waals surface area (Å²) in [6, 6.07) is 17.1. The first-order chi connectivity index (χ1) is 13.2. The number of nitrogens with one attached hydrogen (secondary N) is 1. The number of hydrogen-bond acceptors (Lipinski definition) is 4. The molecule has 1 N–H and O–H groups in total. The molecule has 0 fully saturated rings. The van der Waals surface area contributed by atoms with Crippen LogP contribution in [-0.4, -0.2) is 29.9 Å². The Labute approximate surface area is 158 Å². The lowest BCUT2D eigenvalue weighted by molar-refractivity contribution is -0.111. The molecule has 0 aliphatic heterocycles.